The Morgan fingerprint density at radius 1 is 1.42 bits per heavy atom. The van der Waals surface area contributed by atoms with Crippen LogP contribution in [-0.2, 0) is 18.3 Å². The molecule has 1 atom stereocenters. The van der Waals surface area contributed by atoms with E-state index >= 15 is 0 Å². The van der Waals surface area contributed by atoms with Gasteiger partial charge in [-0.3, -0.25) is 9.89 Å². The molecule has 5 nitrogen and oxygen atoms in total. The molecule has 0 aliphatic carbocycles. The number of aryl methyl sites for hydroxylation is 2. The van der Waals surface area contributed by atoms with Crippen molar-refractivity contribution < 1.29 is 4.79 Å². The Labute approximate surface area is 147 Å². The summed E-state index contributed by atoms with van der Waals surface area (Å²) >= 11 is 5.20. The molecule has 128 valence electrons. The number of piperidine rings is 1. The highest BCUT2D eigenvalue weighted by Crippen LogP contribution is 2.26. The summed E-state index contributed by atoms with van der Waals surface area (Å²) in [6.45, 7) is 5.68. The van der Waals surface area contributed by atoms with Gasteiger partial charge in [-0.05, 0) is 50.0 Å². The Kier molecular flexibility index (Phi) is 4.85. The number of likely N-dealkylation sites (tertiary alicyclic amines) is 1. The predicted molar refractivity (Wildman–Crippen MR) is 96.6 cm³/mol. The smallest absolute Gasteiger partial charge is 0.227 e. The van der Waals surface area contributed by atoms with Crippen LogP contribution in [0.25, 0.3) is 0 Å². The van der Waals surface area contributed by atoms with E-state index in [1.807, 2.05) is 16.5 Å². The summed E-state index contributed by atoms with van der Waals surface area (Å²) in [7, 11) is 1.93. The quantitative estimate of drug-likeness (QED) is 0.871. The summed E-state index contributed by atoms with van der Waals surface area (Å²) in [4.78, 5) is 14.7. The average molecular weight is 344 g/mol. The van der Waals surface area contributed by atoms with Crippen molar-refractivity contribution in [2.24, 2.45) is 7.05 Å². The van der Waals surface area contributed by atoms with E-state index in [4.69, 9.17) is 12.2 Å². The number of rotatable bonds is 3. The van der Waals surface area contributed by atoms with Gasteiger partial charge in [-0.25, -0.2) is 0 Å². The first kappa shape index (κ1) is 16.9. The third-order valence-corrected chi connectivity index (χ3v) is 5.27. The monoisotopic (exact) mass is 344 g/mol. The van der Waals surface area contributed by atoms with E-state index in [2.05, 4.69) is 42.2 Å². The van der Waals surface area contributed by atoms with Gasteiger partial charge in [0.1, 0.15) is 5.82 Å². The highest BCUT2D eigenvalue weighted by molar-refractivity contribution is 7.71. The van der Waals surface area contributed by atoms with Gasteiger partial charge in [-0.2, -0.15) is 5.10 Å². The number of amides is 1. The topological polar surface area (TPSA) is 53.9 Å². The zero-order valence-electron chi connectivity index (χ0n) is 14.5. The number of nitrogens with zero attached hydrogens (tertiary/aromatic N) is 3. The first-order valence-electron chi connectivity index (χ1n) is 8.41. The van der Waals surface area contributed by atoms with Gasteiger partial charge in [0.2, 0.25) is 5.91 Å². The summed E-state index contributed by atoms with van der Waals surface area (Å²) < 4.78 is 2.54. The molecule has 1 aromatic heterocycles. The number of H-pyrrole nitrogens is 1. The Morgan fingerprint density at radius 2 is 2.21 bits per heavy atom. The molecule has 2 aromatic rings. The minimum Gasteiger partial charge on any atom is -0.342 e. The van der Waals surface area contributed by atoms with Crippen molar-refractivity contribution in [1.29, 1.82) is 0 Å². The minimum atomic E-state index is 0.199. The molecule has 0 spiro atoms. The highest BCUT2D eigenvalue weighted by atomic mass is 32.1. The summed E-state index contributed by atoms with van der Waals surface area (Å²) in [5, 5.41) is 7.19. The van der Waals surface area contributed by atoms with Gasteiger partial charge in [0.25, 0.3) is 0 Å². The standard InChI is InChI=1S/C18H24N4OS/c1-12-6-7-13(2)15(9-12)10-16(23)22-8-4-5-14(11-22)17-19-20-18(24)21(17)3/h6-7,9,14H,4-5,8,10-11H2,1-3H3,(H,20,24)/t14-/m1/s1. The molecule has 0 radical (unpaired) electrons. The molecule has 1 saturated heterocycles. The number of hydrogen-bond acceptors (Lipinski definition) is 3. The SMILES string of the molecule is Cc1ccc(C)c(CC(=O)N2CCC[C@@H](c3n[nH]c(=S)n3C)C2)c1. The fraction of sp³-hybridized carbons (Fsp3) is 0.500. The normalized spacial score (nSPS) is 18.0. The number of aromatic amines is 1. The Balaban J connectivity index is 1.72. The van der Waals surface area contributed by atoms with E-state index in [1.54, 1.807) is 0 Å². The molecule has 1 amide bonds. The number of aromatic nitrogens is 3. The van der Waals surface area contributed by atoms with Crippen molar-refractivity contribution in [3.05, 3.63) is 45.5 Å². The van der Waals surface area contributed by atoms with Crippen molar-refractivity contribution in [3.63, 3.8) is 0 Å². The van der Waals surface area contributed by atoms with Crippen molar-refractivity contribution in [2.75, 3.05) is 13.1 Å². The third-order valence-electron chi connectivity index (χ3n) is 4.90. The fourth-order valence-corrected chi connectivity index (χ4v) is 3.54. The molecule has 1 N–H and O–H groups in total. The van der Waals surface area contributed by atoms with Crippen LogP contribution in [0, 0.1) is 18.6 Å². The van der Waals surface area contributed by atoms with Crippen molar-refractivity contribution >= 4 is 18.1 Å². The lowest BCUT2D eigenvalue weighted by atomic mass is 9.96. The lowest BCUT2D eigenvalue weighted by Crippen LogP contribution is -2.40. The van der Waals surface area contributed by atoms with Crippen molar-refractivity contribution in [1.82, 2.24) is 19.7 Å². The first-order valence-corrected chi connectivity index (χ1v) is 8.81. The Hall–Kier alpha value is -1.95. The lowest BCUT2D eigenvalue weighted by molar-refractivity contribution is -0.131. The average Bonchev–Trinajstić information content (AvgIpc) is 2.90. The molecule has 1 aliphatic heterocycles. The third kappa shape index (κ3) is 3.43. The Bertz CT molecular complexity index is 808. The molecule has 0 saturated carbocycles. The zero-order valence-corrected chi connectivity index (χ0v) is 15.3. The van der Waals surface area contributed by atoms with Crippen LogP contribution in [0.3, 0.4) is 0 Å². The van der Waals surface area contributed by atoms with E-state index in [0.717, 1.165) is 37.3 Å². The fourth-order valence-electron chi connectivity index (χ4n) is 3.40. The zero-order chi connectivity index (χ0) is 17.3. The molecular weight excluding hydrogens is 320 g/mol. The van der Waals surface area contributed by atoms with Crippen LogP contribution in [0.1, 0.15) is 41.3 Å². The molecular formula is C18H24N4OS. The van der Waals surface area contributed by atoms with Crippen LogP contribution >= 0.6 is 12.2 Å². The number of benzene rings is 1. The lowest BCUT2D eigenvalue weighted by Gasteiger charge is -2.32. The predicted octanol–water partition coefficient (Wildman–Crippen LogP) is 3.04. The number of carbonyl (C=O) groups excluding carboxylic acids is 1. The van der Waals surface area contributed by atoms with Gasteiger partial charge in [-0.1, -0.05) is 23.8 Å². The molecule has 1 aromatic carbocycles. The maximum Gasteiger partial charge on any atom is 0.227 e. The van der Waals surface area contributed by atoms with Crippen LogP contribution in [-0.4, -0.2) is 38.7 Å². The summed E-state index contributed by atoms with van der Waals surface area (Å²) in [5.41, 5.74) is 3.50. The number of hydrogen-bond donors (Lipinski definition) is 1. The second-order valence-corrected chi connectivity index (χ2v) is 7.12. The van der Waals surface area contributed by atoms with Crippen LogP contribution in [0.15, 0.2) is 18.2 Å². The van der Waals surface area contributed by atoms with Crippen LogP contribution in [0.4, 0.5) is 0 Å². The van der Waals surface area contributed by atoms with E-state index in [9.17, 15) is 4.79 Å². The summed E-state index contributed by atoms with van der Waals surface area (Å²) in [5.74, 6) is 1.40. The largest absolute Gasteiger partial charge is 0.342 e. The van der Waals surface area contributed by atoms with Gasteiger partial charge in [0, 0.05) is 26.1 Å². The van der Waals surface area contributed by atoms with Crippen LogP contribution in [0.5, 0.6) is 0 Å². The molecule has 0 bridgehead atoms. The Morgan fingerprint density at radius 3 is 2.92 bits per heavy atom. The molecule has 1 fully saturated rings. The maximum absolute atomic E-state index is 12.8. The minimum absolute atomic E-state index is 0.199. The van der Waals surface area contributed by atoms with Gasteiger partial charge in [-0.15, -0.1) is 0 Å². The van der Waals surface area contributed by atoms with E-state index in [0.29, 0.717) is 11.2 Å². The second kappa shape index (κ2) is 6.89. The number of carbonyl (C=O) groups is 1. The van der Waals surface area contributed by atoms with Gasteiger partial charge < -0.3 is 9.47 Å². The van der Waals surface area contributed by atoms with E-state index in [-0.39, 0.29) is 11.8 Å². The van der Waals surface area contributed by atoms with Gasteiger partial charge in [0.15, 0.2) is 4.77 Å². The van der Waals surface area contributed by atoms with Gasteiger partial charge in [0.05, 0.1) is 6.42 Å². The highest BCUT2D eigenvalue weighted by Gasteiger charge is 2.27. The molecule has 0 unspecified atom stereocenters. The maximum atomic E-state index is 12.8. The van der Waals surface area contributed by atoms with Crippen molar-refractivity contribution in [3.8, 4) is 0 Å². The molecule has 3 rings (SSSR count). The number of nitrogens with one attached hydrogen (secondary N) is 1. The van der Waals surface area contributed by atoms with Gasteiger partial charge >= 0.3 is 0 Å². The van der Waals surface area contributed by atoms with Crippen LogP contribution in [0.2, 0.25) is 0 Å². The molecule has 2 heterocycles. The second-order valence-electron chi connectivity index (χ2n) is 6.73. The first-order chi connectivity index (χ1) is 11.5. The summed E-state index contributed by atoms with van der Waals surface area (Å²) in [6, 6.07) is 6.29. The van der Waals surface area contributed by atoms with E-state index < -0.39 is 0 Å². The van der Waals surface area contributed by atoms with Crippen LogP contribution < -0.4 is 0 Å². The van der Waals surface area contributed by atoms with Crippen molar-refractivity contribution in [2.45, 2.75) is 39.0 Å². The molecule has 6 heteroatoms. The summed E-state index contributed by atoms with van der Waals surface area (Å²) in [6.07, 6.45) is 2.52. The van der Waals surface area contributed by atoms with E-state index in [1.165, 1.54) is 11.1 Å². The molecule has 1 aliphatic rings. The molecule has 24 heavy (non-hydrogen) atoms.